The van der Waals surface area contributed by atoms with Crippen molar-refractivity contribution in [3.63, 3.8) is 0 Å². The predicted octanol–water partition coefficient (Wildman–Crippen LogP) is 4.79. The molecule has 4 N–H and O–H groups in total. The Morgan fingerprint density at radius 3 is 2.48 bits per heavy atom. The van der Waals surface area contributed by atoms with E-state index in [-0.39, 0.29) is 5.95 Å². The standard InChI is InChI=1S/C18H16Cl2N6O/c19-14-9-12(23-18-24-17(22)25-26-18)10-15(20)16(14)11-3-5-13(6-4-11)27-8-2-1-7-21/h3-6,9-10H,1-2,8H2,(H4,22,23,24,25,26). The van der Waals surface area contributed by atoms with E-state index in [4.69, 9.17) is 38.9 Å². The number of aromatic nitrogens is 3. The van der Waals surface area contributed by atoms with E-state index in [1.807, 2.05) is 24.3 Å². The Hall–Kier alpha value is -2.95. The lowest BCUT2D eigenvalue weighted by molar-refractivity contribution is 0.313. The summed E-state index contributed by atoms with van der Waals surface area (Å²) in [4.78, 5) is 3.97. The number of nitrogens with zero attached hydrogens (tertiary/aromatic N) is 3. The summed E-state index contributed by atoms with van der Waals surface area (Å²) < 4.78 is 5.59. The SMILES string of the molecule is N#CCCCOc1ccc(-c2c(Cl)cc(Nc3n[nH]c(N)n3)cc2Cl)cc1. The van der Waals surface area contributed by atoms with Crippen molar-refractivity contribution in [2.45, 2.75) is 12.8 Å². The molecule has 0 aliphatic heterocycles. The molecule has 9 heteroatoms. The van der Waals surface area contributed by atoms with Gasteiger partial charge in [0.1, 0.15) is 5.75 Å². The van der Waals surface area contributed by atoms with Crippen molar-refractivity contribution in [1.29, 1.82) is 5.26 Å². The van der Waals surface area contributed by atoms with Gasteiger partial charge in [-0.1, -0.05) is 35.3 Å². The molecule has 138 valence electrons. The molecule has 1 heterocycles. The number of nitrogens with two attached hydrogens (primary N) is 1. The number of hydrogen-bond acceptors (Lipinski definition) is 6. The topological polar surface area (TPSA) is 113 Å². The van der Waals surface area contributed by atoms with E-state index in [1.165, 1.54) is 0 Å². The highest BCUT2D eigenvalue weighted by Gasteiger charge is 2.12. The molecule has 0 amide bonds. The largest absolute Gasteiger partial charge is 0.494 e. The van der Waals surface area contributed by atoms with Crippen LogP contribution in [0.15, 0.2) is 36.4 Å². The van der Waals surface area contributed by atoms with E-state index in [0.29, 0.717) is 41.1 Å². The van der Waals surface area contributed by atoms with Crippen LogP contribution in [0.5, 0.6) is 5.75 Å². The van der Waals surface area contributed by atoms with Gasteiger partial charge in [0.25, 0.3) is 0 Å². The Bertz CT molecular complexity index is 942. The second-order valence-electron chi connectivity index (χ2n) is 5.62. The zero-order valence-corrected chi connectivity index (χ0v) is 15.7. The van der Waals surface area contributed by atoms with Crippen LogP contribution in [0.3, 0.4) is 0 Å². The normalized spacial score (nSPS) is 10.4. The molecule has 0 fully saturated rings. The highest BCUT2D eigenvalue weighted by Crippen LogP contribution is 2.38. The fourth-order valence-corrected chi connectivity index (χ4v) is 3.14. The smallest absolute Gasteiger partial charge is 0.248 e. The molecule has 1 aromatic heterocycles. The van der Waals surface area contributed by atoms with Gasteiger partial charge in [-0.2, -0.15) is 10.2 Å². The molecule has 27 heavy (non-hydrogen) atoms. The number of nitrogens with one attached hydrogen (secondary N) is 2. The Kier molecular flexibility index (Phi) is 6.01. The third kappa shape index (κ3) is 4.82. The zero-order valence-electron chi connectivity index (χ0n) is 14.2. The van der Waals surface area contributed by atoms with Crippen molar-refractivity contribution in [1.82, 2.24) is 15.2 Å². The number of H-pyrrole nitrogens is 1. The van der Waals surface area contributed by atoms with Crippen LogP contribution in [0, 0.1) is 11.3 Å². The molecule has 3 aromatic rings. The van der Waals surface area contributed by atoms with E-state index in [1.54, 1.807) is 12.1 Å². The van der Waals surface area contributed by atoms with Gasteiger partial charge in [-0.15, -0.1) is 5.10 Å². The number of rotatable bonds is 7. The molecule has 0 atom stereocenters. The highest BCUT2D eigenvalue weighted by molar-refractivity contribution is 6.39. The van der Waals surface area contributed by atoms with Gasteiger partial charge in [0.2, 0.25) is 11.9 Å². The van der Waals surface area contributed by atoms with Crippen LogP contribution in [0.2, 0.25) is 10.0 Å². The highest BCUT2D eigenvalue weighted by atomic mass is 35.5. The first-order valence-electron chi connectivity index (χ1n) is 8.11. The molecule has 0 saturated heterocycles. The van der Waals surface area contributed by atoms with Gasteiger partial charge >= 0.3 is 0 Å². The van der Waals surface area contributed by atoms with Crippen molar-refractivity contribution in [2.24, 2.45) is 0 Å². The van der Waals surface area contributed by atoms with Crippen LogP contribution in [-0.4, -0.2) is 21.8 Å². The molecule has 0 spiro atoms. The number of aromatic amines is 1. The lowest BCUT2D eigenvalue weighted by atomic mass is 10.0. The molecular weight excluding hydrogens is 387 g/mol. The van der Waals surface area contributed by atoms with Crippen molar-refractivity contribution < 1.29 is 4.74 Å². The number of hydrogen-bond donors (Lipinski definition) is 3. The Morgan fingerprint density at radius 2 is 1.89 bits per heavy atom. The molecule has 0 aliphatic carbocycles. The summed E-state index contributed by atoms with van der Waals surface area (Å²) >= 11 is 12.9. The maximum atomic E-state index is 8.53. The van der Waals surface area contributed by atoms with Crippen LogP contribution in [0.25, 0.3) is 11.1 Å². The fraction of sp³-hybridized carbons (Fsp3) is 0.167. The summed E-state index contributed by atoms with van der Waals surface area (Å²) in [5, 5.41) is 18.9. The van der Waals surface area contributed by atoms with Gasteiger partial charge in [0.15, 0.2) is 0 Å². The van der Waals surface area contributed by atoms with Crippen LogP contribution < -0.4 is 15.8 Å². The first kappa shape index (κ1) is 18.8. The Morgan fingerprint density at radius 1 is 1.19 bits per heavy atom. The number of nitriles is 1. The fourth-order valence-electron chi connectivity index (χ4n) is 2.44. The van der Waals surface area contributed by atoms with Gasteiger partial charge in [0, 0.05) is 17.7 Å². The Balaban J connectivity index is 1.75. The number of unbranched alkanes of at least 4 members (excludes halogenated alkanes) is 1. The molecule has 0 unspecified atom stereocenters. The number of ether oxygens (including phenoxy) is 1. The van der Waals surface area contributed by atoms with Gasteiger partial charge in [0.05, 0.1) is 22.7 Å². The van der Waals surface area contributed by atoms with E-state index >= 15 is 0 Å². The molecule has 0 aliphatic rings. The minimum absolute atomic E-state index is 0.209. The molecule has 7 nitrogen and oxygen atoms in total. The third-order valence-electron chi connectivity index (χ3n) is 3.65. The maximum Gasteiger partial charge on any atom is 0.248 e. The molecule has 0 radical (unpaired) electrons. The predicted molar refractivity (Wildman–Crippen MR) is 106 cm³/mol. The summed E-state index contributed by atoms with van der Waals surface area (Å²) in [5.41, 5.74) is 7.73. The second kappa shape index (κ2) is 8.62. The van der Waals surface area contributed by atoms with Gasteiger partial charge < -0.3 is 15.8 Å². The molecule has 3 rings (SSSR count). The minimum Gasteiger partial charge on any atom is -0.494 e. The van der Waals surface area contributed by atoms with E-state index < -0.39 is 0 Å². The number of benzene rings is 2. The monoisotopic (exact) mass is 402 g/mol. The average Bonchev–Trinajstić information content (AvgIpc) is 3.04. The summed E-state index contributed by atoms with van der Waals surface area (Å²) in [6.07, 6.45) is 1.17. The van der Waals surface area contributed by atoms with E-state index in [0.717, 1.165) is 16.9 Å². The maximum absolute atomic E-state index is 8.53. The molecule has 0 saturated carbocycles. The molecule has 2 aromatic carbocycles. The van der Waals surface area contributed by atoms with Crippen molar-refractivity contribution in [2.75, 3.05) is 17.7 Å². The second-order valence-corrected chi connectivity index (χ2v) is 6.43. The number of halogens is 2. The number of nitrogen functional groups attached to an aromatic ring is 1. The first-order chi connectivity index (χ1) is 13.1. The zero-order chi connectivity index (χ0) is 19.2. The summed E-state index contributed by atoms with van der Waals surface area (Å²) in [7, 11) is 0. The lowest BCUT2D eigenvalue weighted by Gasteiger charge is -2.12. The van der Waals surface area contributed by atoms with Gasteiger partial charge in [-0.05, 0) is 36.2 Å². The van der Waals surface area contributed by atoms with Gasteiger partial charge in [-0.3, -0.25) is 0 Å². The minimum atomic E-state index is 0.209. The molecule has 0 bridgehead atoms. The lowest BCUT2D eigenvalue weighted by Crippen LogP contribution is -1.96. The molecular formula is C18H16Cl2N6O. The Labute approximate surface area is 166 Å². The first-order valence-corrected chi connectivity index (χ1v) is 8.86. The van der Waals surface area contributed by atoms with E-state index in [9.17, 15) is 0 Å². The van der Waals surface area contributed by atoms with Crippen molar-refractivity contribution >= 4 is 40.8 Å². The van der Waals surface area contributed by atoms with Crippen LogP contribution >= 0.6 is 23.2 Å². The van der Waals surface area contributed by atoms with Crippen LogP contribution in [0.4, 0.5) is 17.6 Å². The average molecular weight is 403 g/mol. The van der Waals surface area contributed by atoms with Crippen LogP contribution in [0.1, 0.15) is 12.8 Å². The number of anilines is 3. The van der Waals surface area contributed by atoms with E-state index in [2.05, 4.69) is 26.6 Å². The summed E-state index contributed by atoms with van der Waals surface area (Å²) in [5.74, 6) is 1.26. The van der Waals surface area contributed by atoms with Crippen molar-refractivity contribution in [3.8, 4) is 22.9 Å². The van der Waals surface area contributed by atoms with Crippen molar-refractivity contribution in [3.05, 3.63) is 46.4 Å². The quantitative estimate of drug-likeness (QED) is 0.489. The summed E-state index contributed by atoms with van der Waals surface area (Å²) in [6.45, 7) is 0.501. The van der Waals surface area contributed by atoms with Gasteiger partial charge in [-0.25, -0.2) is 5.10 Å². The van der Waals surface area contributed by atoms with Crippen LogP contribution in [-0.2, 0) is 0 Å². The third-order valence-corrected chi connectivity index (χ3v) is 4.24. The summed E-state index contributed by atoms with van der Waals surface area (Å²) in [6, 6.07) is 13.0.